The van der Waals surface area contributed by atoms with Crippen LogP contribution >= 0.6 is 0 Å². The van der Waals surface area contributed by atoms with Crippen molar-refractivity contribution in [3.63, 3.8) is 0 Å². The predicted octanol–water partition coefficient (Wildman–Crippen LogP) is 5.65. The summed E-state index contributed by atoms with van der Waals surface area (Å²) in [6.07, 6.45) is 15.3. The lowest BCUT2D eigenvalue weighted by molar-refractivity contribution is 0.574. The second kappa shape index (κ2) is 11.6. The Hall–Kier alpha value is -0.520. The summed E-state index contributed by atoms with van der Waals surface area (Å²) in [6.45, 7) is 10.0. The molecule has 0 radical (unpaired) electrons. The molecule has 0 heteroatoms. The molecular formula is C15H28. The van der Waals surface area contributed by atoms with E-state index < -0.39 is 0 Å². The van der Waals surface area contributed by atoms with Crippen molar-refractivity contribution < 1.29 is 0 Å². The molecule has 0 unspecified atom stereocenters. The number of hydrogen-bond donors (Lipinski definition) is 0. The molecule has 0 aliphatic heterocycles. The third kappa shape index (κ3) is 11.4. The zero-order valence-corrected chi connectivity index (χ0v) is 10.6. The highest BCUT2D eigenvalue weighted by Crippen LogP contribution is 2.13. The molecule has 0 aromatic rings. The van der Waals surface area contributed by atoms with Crippen molar-refractivity contribution in [3.8, 4) is 0 Å². The van der Waals surface area contributed by atoms with E-state index in [1.807, 2.05) is 6.08 Å². The van der Waals surface area contributed by atoms with Crippen molar-refractivity contribution in [3.05, 3.63) is 24.8 Å². The average molecular weight is 208 g/mol. The maximum absolute atomic E-state index is 4.03. The van der Waals surface area contributed by atoms with Crippen molar-refractivity contribution in [2.24, 2.45) is 0 Å². The molecule has 15 heavy (non-hydrogen) atoms. The number of allylic oxidation sites excluding steroid dienone is 2. The van der Waals surface area contributed by atoms with Crippen LogP contribution in [-0.4, -0.2) is 0 Å². The molecule has 0 aliphatic carbocycles. The largest absolute Gasteiger partial charge is 0.103 e. The Morgan fingerprint density at radius 1 is 0.933 bits per heavy atom. The molecule has 0 aliphatic rings. The second-order valence-corrected chi connectivity index (χ2v) is 4.47. The maximum atomic E-state index is 4.03. The Labute approximate surface area is 96.5 Å². The third-order valence-electron chi connectivity index (χ3n) is 2.82. The molecule has 0 N–H and O–H groups in total. The van der Waals surface area contributed by atoms with E-state index in [4.69, 9.17) is 0 Å². The van der Waals surface area contributed by atoms with Gasteiger partial charge in [-0.2, -0.15) is 0 Å². The molecule has 0 amide bonds. The summed E-state index contributed by atoms with van der Waals surface area (Å²) < 4.78 is 0. The molecule has 0 fully saturated rings. The maximum Gasteiger partial charge on any atom is -0.0144 e. The van der Waals surface area contributed by atoms with Gasteiger partial charge in [0.2, 0.25) is 0 Å². The van der Waals surface area contributed by atoms with Crippen molar-refractivity contribution in [2.75, 3.05) is 0 Å². The molecule has 0 rings (SSSR count). The van der Waals surface area contributed by atoms with Gasteiger partial charge in [-0.25, -0.2) is 0 Å². The zero-order valence-electron chi connectivity index (χ0n) is 10.6. The van der Waals surface area contributed by atoms with Crippen LogP contribution in [-0.2, 0) is 0 Å². The number of rotatable bonds is 11. The van der Waals surface area contributed by atoms with Gasteiger partial charge >= 0.3 is 0 Å². The quantitative estimate of drug-likeness (QED) is 0.304. The Kier molecular flexibility index (Phi) is 11.2. The summed E-state index contributed by atoms with van der Waals surface area (Å²) in [7, 11) is 0. The fourth-order valence-electron chi connectivity index (χ4n) is 1.82. The van der Waals surface area contributed by atoms with E-state index >= 15 is 0 Å². The van der Waals surface area contributed by atoms with Crippen LogP contribution in [0.2, 0.25) is 0 Å². The molecule has 88 valence electrons. The van der Waals surface area contributed by atoms with Gasteiger partial charge in [-0.1, -0.05) is 70.1 Å². The molecule has 0 bridgehead atoms. The van der Waals surface area contributed by atoms with Crippen molar-refractivity contribution in [2.45, 2.75) is 71.1 Å². The lowest BCUT2D eigenvalue weighted by Gasteiger charge is -2.03. The van der Waals surface area contributed by atoms with Crippen LogP contribution < -0.4 is 0 Å². The minimum Gasteiger partial charge on any atom is -0.103 e. The Balaban J connectivity index is 3.04. The monoisotopic (exact) mass is 208 g/mol. The lowest BCUT2D eigenvalue weighted by atomic mass is 10.0. The number of unbranched alkanes of at least 4 members (excludes halogenated alkanes) is 7. The highest BCUT2D eigenvalue weighted by Gasteiger charge is 1.93. The van der Waals surface area contributed by atoms with Crippen LogP contribution in [0.15, 0.2) is 24.8 Å². The van der Waals surface area contributed by atoms with Gasteiger partial charge in [0.15, 0.2) is 0 Å². The SMILES string of the molecule is C=CCC(=C)CCCCCCCCCC. The summed E-state index contributed by atoms with van der Waals surface area (Å²) >= 11 is 0. The van der Waals surface area contributed by atoms with Crippen molar-refractivity contribution in [1.29, 1.82) is 0 Å². The van der Waals surface area contributed by atoms with Crippen LogP contribution in [0.4, 0.5) is 0 Å². The summed E-state index contributed by atoms with van der Waals surface area (Å²) in [5.41, 5.74) is 1.34. The first kappa shape index (κ1) is 14.5. The van der Waals surface area contributed by atoms with Crippen LogP contribution in [0.5, 0.6) is 0 Å². The normalized spacial score (nSPS) is 10.2. The summed E-state index contributed by atoms with van der Waals surface area (Å²) in [5.74, 6) is 0. The first-order valence-corrected chi connectivity index (χ1v) is 6.58. The van der Waals surface area contributed by atoms with E-state index in [-0.39, 0.29) is 0 Å². The van der Waals surface area contributed by atoms with E-state index in [2.05, 4.69) is 20.1 Å². The highest BCUT2D eigenvalue weighted by atomic mass is 14.0. The van der Waals surface area contributed by atoms with Gasteiger partial charge in [0.25, 0.3) is 0 Å². The first-order chi connectivity index (χ1) is 7.31. The molecule has 0 aromatic carbocycles. The highest BCUT2D eigenvalue weighted by molar-refractivity contribution is 4.99. The number of hydrogen-bond acceptors (Lipinski definition) is 0. The Morgan fingerprint density at radius 2 is 1.47 bits per heavy atom. The summed E-state index contributed by atoms with van der Waals surface area (Å²) in [6, 6.07) is 0. The van der Waals surface area contributed by atoms with Gasteiger partial charge in [0, 0.05) is 0 Å². The van der Waals surface area contributed by atoms with Crippen molar-refractivity contribution in [1.82, 2.24) is 0 Å². The Morgan fingerprint density at radius 3 is 2.00 bits per heavy atom. The molecule has 0 aromatic heterocycles. The van der Waals surface area contributed by atoms with E-state index in [9.17, 15) is 0 Å². The average Bonchev–Trinajstić information content (AvgIpc) is 2.22. The standard InChI is InChI=1S/C15H28/c1-4-6-7-8-9-10-11-12-14-15(3)13-5-2/h5H,2-4,6-14H2,1H3. The summed E-state index contributed by atoms with van der Waals surface area (Å²) in [5, 5.41) is 0. The fourth-order valence-corrected chi connectivity index (χ4v) is 1.82. The van der Waals surface area contributed by atoms with Gasteiger partial charge in [0.05, 0.1) is 0 Å². The first-order valence-electron chi connectivity index (χ1n) is 6.58. The van der Waals surface area contributed by atoms with Gasteiger partial charge < -0.3 is 0 Å². The molecule has 0 saturated heterocycles. The second-order valence-electron chi connectivity index (χ2n) is 4.47. The summed E-state index contributed by atoms with van der Waals surface area (Å²) in [4.78, 5) is 0. The molecule has 0 atom stereocenters. The van der Waals surface area contributed by atoms with Gasteiger partial charge in [0.1, 0.15) is 0 Å². The molecule has 0 spiro atoms. The smallest absolute Gasteiger partial charge is 0.0144 e. The van der Waals surface area contributed by atoms with E-state index in [1.165, 1.54) is 63.4 Å². The van der Waals surface area contributed by atoms with Gasteiger partial charge in [-0.05, 0) is 19.3 Å². The molecule has 0 saturated carbocycles. The van der Waals surface area contributed by atoms with Gasteiger partial charge in [-0.15, -0.1) is 6.58 Å². The third-order valence-corrected chi connectivity index (χ3v) is 2.82. The Bertz CT molecular complexity index is 155. The molecular weight excluding hydrogens is 180 g/mol. The lowest BCUT2D eigenvalue weighted by Crippen LogP contribution is -1.83. The molecule has 0 nitrogen and oxygen atoms in total. The molecule has 0 heterocycles. The van der Waals surface area contributed by atoms with Crippen LogP contribution in [0, 0.1) is 0 Å². The van der Waals surface area contributed by atoms with Crippen LogP contribution in [0.25, 0.3) is 0 Å². The van der Waals surface area contributed by atoms with Crippen LogP contribution in [0.1, 0.15) is 71.1 Å². The zero-order chi connectivity index (χ0) is 11.4. The minimum absolute atomic E-state index is 0.997. The van der Waals surface area contributed by atoms with E-state index in [0.717, 1.165) is 6.42 Å². The van der Waals surface area contributed by atoms with E-state index in [0.29, 0.717) is 0 Å². The van der Waals surface area contributed by atoms with Gasteiger partial charge in [-0.3, -0.25) is 0 Å². The topological polar surface area (TPSA) is 0 Å². The van der Waals surface area contributed by atoms with E-state index in [1.54, 1.807) is 0 Å². The predicted molar refractivity (Wildman–Crippen MR) is 71.2 cm³/mol. The fraction of sp³-hybridized carbons (Fsp3) is 0.733. The van der Waals surface area contributed by atoms with Crippen LogP contribution in [0.3, 0.4) is 0 Å². The van der Waals surface area contributed by atoms with Crippen molar-refractivity contribution >= 4 is 0 Å². The minimum atomic E-state index is 0.997.